The molecule has 1 aliphatic carbocycles. The summed E-state index contributed by atoms with van der Waals surface area (Å²) in [4.78, 5) is 1.42. The van der Waals surface area contributed by atoms with Crippen molar-refractivity contribution in [2.75, 3.05) is 0 Å². The fraction of sp³-hybridized carbons (Fsp3) is 0.0556. The Labute approximate surface area is 234 Å². The quantitative estimate of drug-likeness (QED) is 0.214. The monoisotopic (exact) mass is 533 g/mol. The lowest BCUT2D eigenvalue weighted by Gasteiger charge is -2.24. The Kier molecular flexibility index (Phi) is 4.60. The van der Waals surface area contributed by atoms with E-state index in [0.717, 1.165) is 0 Å². The second kappa shape index (κ2) is 8.22. The van der Waals surface area contributed by atoms with E-state index in [1.54, 1.807) is 0 Å². The van der Waals surface area contributed by atoms with Gasteiger partial charge in [0, 0.05) is 47.0 Å². The number of benzene rings is 5. The average molecular weight is 534 g/mol. The molecule has 7 aromatic rings. The van der Waals surface area contributed by atoms with Crippen molar-refractivity contribution in [1.29, 1.82) is 0 Å². The van der Waals surface area contributed by atoms with Crippen LogP contribution >= 0.6 is 23.1 Å². The molecule has 39 heavy (non-hydrogen) atoms. The standard InChI is InChI=1S/C36H23NS2/c1-4-16-28-22(10-1)23-11-2-5-17-29(23)37(28)30-18-9-21-33-35(30)34-25(13-8-20-32(34)38-33)27-15-7-14-26-24-12-3-6-19-31(24)39-36(26)27/h1-21,26,36H. The number of thiophene rings is 1. The Balaban J connectivity index is 1.35. The molecule has 2 aromatic heterocycles. The normalized spacial score (nSPS) is 18.2. The Morgan fingerprint density at radius 1 is 0.615 bits per heavy atom. The zero-order valence-electron chi connectivity index (χ0n) is 21.0. The third-order valence-electron chi connectivity index (χ3n) is 8.39. The summed E-state index contributed by atoms with van der Waals surface area (Å²) in [6.07, 6.45) is 7.03. The van der Waals surface area contributed by atoms with Gasteiger partial charge < -0.3 is 4.57 Å². The lowest BCUT2D eigenvalue weighted by atomic mass is 9.84. The summed E-state index contributed by atoms with van der Waals surface area (Å²) in [7, 11) is 0. The van der Waals surface area contributed by atoms with Gasteiger partial charge in [0.2, 0.25) is 0 Å². The predicted octanol–water partition coefficient (Wildman–Crippen LogP) is 10.4. The van der Waals surface area contributed by atoms with Crippen LogP contribution in [0.1, 0.15) is 17.0 Å². The molecule has 9 rings (SSSR count). The highest BCUT2D eigenvalue weighted by Gasteiger charge is 2.36. The molecule has 0 fully saturated rings. The van der Waals surface area contributed by atoms with Gasteiger partial charge in [-0.05, 0) is 53.1 Å². The van der Waals surface area contributed by atoms with Crippen molar-refractivity contribution in [3.8, 4) is 5.69 Å². The number of aromatic nitrogens is 1. The van der Waals surface area contributed by atoms with Crippen molar-refractivity contribution in [2.24, 2.45) is 0 Å². The second-order valence-electron chi connectivity index (χ2n) is 10.4. The van der Waals surface area contributed by atoms with Crippen molar-refractivity contribution in [2.45, 2.75) is 16.1 Å². The summed E-state index contributed by atoms with van der Waals surface area (Å²) in [6, 6.07) is 40.3. The smallest absolute Gasteiger partial charge is 0.0555 e. The van der Waals surface area contributed by atoms with E-state index in [1.165, 1.54) is 69.3 Å². The molecule has 0 bridgehead atoms. The van der Waals surface area contributed by atoms with Gasteiger partial charge in [-0.3, -0.25) is 0 Å². The minimum absolute atomic E-state index is 0.397. The Hall–Kier alpha value is -4.05. The van der Waals surface area contributed by atoms with Crippen LogP contribution in [0, 0.1) is 0 Å². The summed E-state index contributed by atoms with van der Waals surface area (Å²) < 4.78 is 5.17. The molecule has 1 nitrogen and oxygen atoms in total. The van der Waals surface area contributed by atoms with E-state index in [2.05, 4.69) is 132 Å². The Bertz CT molecular complexity index is 2120. The van der Waals surface area contributed by atoms with E-state index < -0.39 is 0 Å². The minimum atomic E-state index is 0.397. The van der Waals surface area contributed by atoms with Crippen LogP contribution in [0.2, 0.25) is 0 Å². The maximum atomic E-state index is 2.48. The van der Waals surface area contributed by atoms with Gasteiger partial charge in [0.25, 0.3) is 0 Å². The zero-order valence-corrected chi connectivity index (χ0v) is 22.7. The summed E-state index contributed by atoms with van der Waals surface area (Å²) >= 11 is 3.93. The molecule has 0 saturated heterocycles. The van der Waals surface area contributed by atoms with Gasteiger partial charge in [-0.2, -0.15) is 0 Å². The first-order chi connectivity index (χ1) is 19.4. The highest BCUT2D eigenvalue weighted by Crippen LogP contribution is 2.54. The van der Waals surface area contributed by atoms with Gasteiger partial charge in [0.15, 0.2) is 0 Å². The second-order valence-corrected chi connectivity index (χ2v) is 12.7. The molecular formula is C36H23NS2. The van der Waals surface area contributed by atoms with Crippen LogP contribution in [0.25, 0.3) is 53.2 Å². The largest absolute Gasteiger partial charge is 0.309 e. The van der Waals surface area contributed by atoms with Crippen molar-refractivity contribution in [3.05, 3.63) is 139 Å². The number of thioether (sulfide) groups is 1. The van der Waals surface area contributed by atoms with Crippen molar-refractivity contribution in [3.63, 3.8) is 0 Å². The van der Waals surface area contributed by atoms with Gasteiger partial charge in [-0.15, -0.1) is 23.1 Å². The lowest BCUT2D eigenvalue weighted by molar-refractivity contribution is 0.894. The maximum Gasteiger partial charge on any atom is 0.0555 e. The molecule has 1 aliphatic heterocycles. The van der Waals surface area contributed by atoms with Gasteiger partial charge in [0.1, 0.15) is 0 Å². The Morgan fingerprint density at radius 2 is 1.31 bits per heavy atom. The number of fused-ring (bicyclic) bond motifs is 9. The van der Waals surface area contributed by atoms with E-state index in [1.807, 2.05) is 23.1 Å². The topological polar surface area (TPSA) is 4.93 Å². The first-order valence-electron chi connectivity index (χ1n) is 13.4. The molecule has 5 aromatic carbocycles. The van der Waals surface area contributed by atoms with E-state index in [9.17, 15) is 0 Å². The number of hydrogen-bond donors (Lipinski definition) is 0. The maximum absolute atomic E-state index is 2.48. The number of nitrogens with zero attached hydrogens (tertiary/aromatic N) is 1. The third kappa shape index (κ3) is 3.03. The predicted molar refractivity (Wildman–Crippen MR) is 170 cm³/mol. The van der Waals surface area contributed by atoms with Crippen LogP contribution in [0.15, 0.2) is 132 Å². The summed E-state index contributed by atoms with van der Waals surface area (Å²) in [6.45, 7) is 0. The summed E-state index contributed by atoms with van der Waals surface area (Å²) in [5, 5.41) is 5.73. The van der Waals surface area contributed by atoms with Crippen molar-refractivity contribution < 1.29 is 0 Å². The highest BCUT2D eigenvalue weighted by atomic mass is 32.2. The first kappa shape index (κ1) is 21.8. The number of rotatable bonds is 2. The molecule has 3 heteroatoms. The average Bonchev–Trinajstić information content (AvgIpc) is 3.66. The number of hydrogen-bond acceptors (Lipinski definition) is 2. The number of allylic oxidation sites excluding steroid dienone is 3. The molecule has 184 valence electrons. The van der Waals surface area contributed by atoms with Crippen LogP contribution in [0.3, 0.4) is 0 Å². The molecule has 3 heterocycles. The van der Waals surface area contributed by atoms with E-state index in [4.69, 9.17) is 0 Å². The molecule has 0 saturated carbocycles. The van der Waals surface area contributed by atoms with Gasteiger partial charge >= 0.3 is 0 Å². The SMILES string of the molecule is C1=CC2c3ccccc3SC2C(c2cccc3sc4cccc(-n5c6ccccc6c6ccccc65)c4c23)=C1. The lowest BCUT2D eigenvalue weighted by Crippen LogP contribution is -2.13. The molecule has 0 spiro atoms. The van der Waals surface area contributed by atoms with Crippen molar-refractivity contribution >= 4 is 70.6 Å². The third-order valence-corrected chi connectivity index (χ3v) is 10.9. The van der Waals surface area contributed by atoms with Gasteiger partial charge in [0.05, 0.1) is 16.7 Å². The van der Waals surface area contributed by atoms with Crippen LogP contribution in [-0.2, 0) is 0 Å². The molecule has 0 radical (unpaired) electrons. The van der Waals surface area contributed by atoms with E-state index >= 15 is 0 Å². The van der Waals surface area contributed by atoms with Crippen LogP contribution in [-0.4, -0.2) is 9.82 Å². The van der Waals surface area contributed by atoms with Crippen LogP contribution in [0.5, 0.6) is 0 Å². The molecule has 0 N–H and O–H groups in total. The van der Waals surface area contributed by atoms with Crippen molar-refractivity contribution in [1.82, 2.24) is 4.57 Å². The molecule has 2 aliphatic rings. The zero-order chi connectivity index (χ0) is 25.5. The first-order valence-corrected chi connectivity index (χ1v) is 15.1. The highest BCUT2D eigenvalue weighted by molar-refractivity contribution is 8.00. The summed E-state index contributed by atoms with van der Waals surface area (Å²) in [5.74, 6) is 0.420. The van der Waals surface area contributed by atoms with Crippen LogP contribution < -0.4 is 0 Å². The van der Waals surface area contributed by atoms with Crippen LogP contribution in [0.4, 0.5) is 0 Å². The summed E-state index contributed by atoms with van der Waals surface area (Å²) in [5.41, 5.74) is 8.03. The van der Waals surface area contributed by atoms with E-state index in [-0.39, 0.29) is 0 Å². The molecule has 2 unspecified atom stereocenters. The molecule has 2 atom stereocenters. The molecule has 0 amide bonds. The Morgan fingerprint density at radius 3 is 2.13 bits per heavy atom. The minimum Gasteiger partial charge on any atom is -0.309 e. The fourth-order valence-electron chi connectivity index (χ4n) is 6.77. The van der Waals surface area contributed by atoms with Gasteiger partial charge in [-0.25, -0.2) is 0 Å². The van der Waals surface area contributed by atoms with E-state index in [0.29, 0.717) is 11.2 Å². The fourth-order valence-corrected chi connectivity index (χ4v) is 9.41. The molecular weight excluding hydrogens is 511 g/mol. The number of para-hydroxylation sites is 2. The van der Waals surface area contributed by atoms with Gasteiger partial charge in [-0.1, -0.05) is 91.0 Å².